The van der Waals surface area contributed by atoms with E-state index in [0.29, 0.717) is 25.1 Å². The Labute approximate surface area is 140 Å². The van der Waals surface area contributed by atoms with Gasteiger partial charge < -0.3 is 5.32 Å². The van der Waals surface area contributed by atoms with Gasteiger partial charge in [0, 0.05) is 25.5 Å². The van der Waals surface area contributed by atoms with Crippen molar-refractivity contribution in [1.82, 2.24) is 5.32 Å². The van der Waals surface area contributed by atoms with Crippen molar-refractivity contribution in [3.8, 4) is 0 Å². The summed E-state index contributed by atoms with van der Waals surface area (Å²) < 4.78 is 12.9. The highest BCUT2D eigenvalue weighted by Crippen LogP contribution is 2.27. The summed E-state index contributed by atoms with van der Waals surface area (Å²) in [4.78, 5) is 24.6. The molecular formula is C20H18FNO2. The molecule has 2 aromatic carbocycles. The van der Waals surface area contributed by atoms with Crippen molar-refractivity contribution in [2.45, 2.75) is 25.3 Å². The van der Waals surface area contributed by atoms with E-state index in [2.05, 4.69) is 5.32 Å². The van der Waals surface area contributed by atoms with Crippen LogP contribution in [0.25, 0.3) is 0 Å². The number of rotatable bonds is 4. The zero-order valence-electron chi connectivity index (χ0n) is 13.2. The standard InChI is InChI=1S/C20H18FNO2/c21-17-8-6-14(7-9-17)13-22-19-12-18(23)10-16(11-20(19)24)15-4-2-1-3-5-15/h1-9,12,16,22H,10-11,13H2. The largest absolute Gasteiger partial charge is 0.378 e. The second-order valence-electron chi connectivity index (χ2n) is 5.94. The number of allylic oxidation sites excluding steroid dienone is 2. The van der Waals surface area contributed by atoms with Gasteiger partial charge in [-0.3, -0.25) is 9.59 Å². The van der Waals surface area contributed by atoms with Crippen LogP contribution in [-0.4, -0.2) is 11.6 Å². The van der Waals surface area contributed by atoms with Crippen molar-refractivity contribution < 1.29 is 14.0 Å². The van der Waals surface area contributed by atoms with E-state index in [1.165, 1.54) is 18.2 Å². The Bertz CT molecular complexity index is 766. The molecule has 1 aliphatic rings. The third-order valence-electron chi connectivity index (χ3n) is 4.15. The summed E-state index contributed by atoms with van der Waals surface area (Å²) in [6.45, 7) is 0.376. The molecule has 1 unspecified atom stereocenters. The first-order chi connectivity index (χ1) is 11.6. The van der Waals surface area contributed by atoms with Gasteiger partial charge in [0.05, 0.1) is 5.70 Å². The highest BCUT2D eigenvalue weighted by molar-refractivity contribution is 6.04. The number of hydrogen-bond donors (Lipinski definition) is 1. The van der Waals surface area contributed by atoms with E-state index < -0.39 is 0 Å². The van der Waals surface area contributed by atoms with E-state index >= 15 is 0 Å². The summed E-state index contributed by atoms with van der Waals surface area (Å²) in [6, 6.07) is 15.7. The minimum absolute atomic E-state index is 0.0590. The van der Waals surface area contributed by atoms with Crippen molar-refractivity contribution in [2.24, 2.45) is 0 Å². The first-order valence-electron chi connectivity index (χ1n) is 7.93. The monoisotopic (exact) mass is 323 g/mol. The molecule has 0 heterocycles. The van der Waals surface area contributed by atoms with Crippen LogP contribution < -0.4 is 5.32 Å². The lowest BCUT2D eigenvalue weighted by molar-refractivity contribution is -0.116. The molecule has 0 aliphatic heterocycles. The van der Waals surface area contributed by atoms with Crippen LogP contribution in [0, 0.1) is 5.82 Å². The highest BCUT2D eigenvalue weighted by atomic mass is 19.1. The average Bonchev–Trinajstić information content (AvgIpc) is 2.73. The van der Waals surface area contributed by atoms with Crippen molar-refractivity contribution in [2.75, 3.05) is 0 Å². The van der Waals surface area contributed by atoms with Crippen LogP contribution in [0.2, 0.25) is 0 Å². The van der Waals surface area contributed by atoms with E-state index in [4.69, 9.17) is 0 Å². The molecule has 4 heteroatoms. The second kappa shape index (κ2) is 7.21. The number of Topliss-reactive ketones (excluding diaryl/α,β-unsaturated/α-hetero) is 1. The van der Waals surface area contributed by atoms with Gasteiger partial charge in [-0.05, 0) is 29.2 Å². The topological polar surface area (TPSA) is 46.2 Å². The van der Waals surface area contributed by atoms with Crippen LogP contribution in [0.5, 0.6) is 0 Å². The summed E-state index contributed by atoms with van der Waals surface area (Å²) in [5.74, 6) is -0.523. The zero-order chi connectivity index (χ0) is 16.9. The van der Waals surface area contributed by atoms with Crippen LogP contribution in [-0.2, 0) is 16.1 Å². The molecule has 1 atom stereocenters. The third kappa shape index (κ3) is 3.96. The Hall–Kier alpha value is -2.75. The number of ketones is 2. The lowest BCUT2D eigenvalue weighted by Crippen LogP contribution is -2.20. The summed E-state index contributed by atoms with van der Waals surface area (Å²) in [5.41, 5.74) is 2.19. The third-order valence-corrected chi connectivity index (χ3v) is 4.15. The van der Waals surface area contributed by atoms with Crippen LogP contribution >= 0.6 is 0 Å². The lowest BCUT2D eigenvalue weighted by Gasteiger charge is -2.13. The molecule has 122 valence electrons. The van der Waals surface area contributed by atoms with E-state index in [1.807, 2.05) is 30.3 Å². The van der Waals surface area contributed by atoms with Gasteiger partial charge >= 0.3 is 0 Å². The molecule has 24 heavy (non-hydrogen) atoms. The molecule has 0 saturated carbocycles. The SMILES string of the molecule is O=C1C=C(NCc2ccc(F)cc2)C(=O)CC(c2ccccc2)C1. The summed E-state index contributed by atoms with van der Waals surface area (Å²) in [5, 5.41) is 3.02. The van der Waals surface area contributed by atoms with Crippen molar-refractivity contribution >= 4 is 11.6 Å². The molecule has 0 amide bonds. The molecule has 0 radical (unpaired) electrons. The van der Waals surface area contributed by atoms with Crippen molar-refractivity contribution in [3.05, 3.63) is 83.3 Å². The minimum Gasteiger partial charge on any atom is -0.378 e. The van der Waals surface area contributed by atoms with Gasteiger partial charge in [0.1, 0.15) is 5.82 Å². The molecule has 0 saturated heterocycles. The normalized spacial score (nSPS) is 18.0. The maximum Gasteiger partial charge on any atom is 0.179 e. The van der Waals surface area contributed by atoms with Gasteiger partial charge in [-0.25, -0.2) is 4.39 Å². The summed E-state index contributed by atoms with van der Waals surface area (Å²) >= 11 is 0. The molecule has 0 aromatic heterocycles. The van der Waals surface area contributed by atoms with E-state index in [-0.39, 0.29) is 23.3 Å². The molecule has 0 spiro atoms. The fourth-order valence-corrected chi connectivity index (χ4v) is 2.86. The lowest BCUT2D eigenvalue weighted by atomic mass is 9.91. The Morgan fingerprint density at radius 3 is 2.38 bits per heavy atom. The first kappa shape index (κ1) is 16.1. The van der Waals surface area contributed by atoms with Crippen LogP contribution in [0.4, 0.5) is 4.39 Å². The smallest absolute Gasteiger partial charge is 0.179 e. The Kier molecular flexibility index (Phi) is 4.85. The number of halogens is 1. The summed E-state index contributed by atoms with van der Waals surface area (Å²) in [6.07, 6.45) is 2.03. The molecule has 1 aliphatic carbocycles. The number of benzene rings is 2. The van der Waals surface area contributed by atoms with Gasteiger partial charge in [0.2, 0.25) is 0 Å². The fraction of sp³-hybridized carbons (Fsp3) is 0.200. The van der Waals surface area contributed by atoms with Crippen LogP contribution in [0.1, 0.15) is 29.9 Å². The molecular weight excluding hydrogens is 305 g/mol. The van der Waals surface area contributed by atoms with Gasteiger partial charge in [0.25, 0.3) is 0 Å². The maximum atomic E-state index is 12.9. The number of carbonyl (C=O) groups excluding carboxylic acids is 2. The van der Waals surface area contributed by atoms with Gasteiger partial charge in [-0.2, -0.15) is 0 Å². The molecule has 3 nitrogen and oxygen atoms in total. The minimum atomic E-state index is -0.301. The average molecular weight is 323 g/mol. The highest BCUT2D eigenvalue weighted by Gasteiger charge is 2.25. The van der Waals surface area contributed by atoms with Gasteiger partial charge in [-0.1, -0.05) is 42.5 Å². The van der Waals surface area contributed by atoms with Gasteiger partial charge in [-0.15, -0.1) is 0 Å². The molecule has 2 aromatic rings. The molecule has 1 N–H and O–H groups in total. The maximum absolute atomic E-state index is 12.9. The van der Waals surface area contributed by atoms with Crippen LogP contribution in [0.3, 0.4) is 0 Å². The van der Waals surface area contributed by atoms with Crippen LogP contribution in [0.15, 0.2) is 66.4 Å². The molecule has 0 fully saturated rings. The van der Waals surface area contributed by atoms with Crippen molar-refractivity contribution in [1.29, 1.82) is 0 Å². The number of hydrogen-bond acceptors (Lipinski definition) is 3. The second-order valence-corrected chi connectivity index (χ2v) is 5.94. The Balaban J connectivity index is 1.69. The number of nitrogens with one attached hydrogen (secondary N) is 1. The van der Waals surface area contributed by atoms with Crippen molar-refractivity contribution in [3.63, 3.8) is 0 Å². The predicted octanol–water partition coefficient (Wildman–Crippen LogP) is 3.52. The van der Waals surface area contributed by atoms with E-state index in [0.717, 1.165) is 11.1 Å². The zero-order valence-corrected chi connectivity index (χ0v) is 13.2. The number of carbonyl (C=O) groups is 2. The summed E-state index contributed by atoms with van der Waals surface area (Å²) in [7, 11) is 0. The fourth-order valence-electron chi connectivity index (χ4n) is 2.86. The van der Waals surface area contributed by atoms with Gasteiger partial charge in [0.15, 0.2) is 11.6 Å². The molecule has 0 bridgehead atoms. The first-order valence-corrected chi connectivity index (χ1v) is 7.93. The Morgan fingerprint density at radius 1 is 0.958 bits per heavy atom. The Morgan fingerprint density at radius 2 is 1.67 bits per heavy atom. The van der Waals surface area contributed by atoms with E-state index in [9.17, 15) is 14.0 Å². The van der Waals surface area contributed by atoms with E-state index in [1.54, 1.807) is 12.1 Å². The predicted molar refractivity (Wildman–Crippen MR) is 89.8 cm³/mol. The molecule has 3 rings (SSSR count). The quantitative estimate of drug-likeness (QED) is 0.936.